The molecule has 0 radical (unpaired) electrons. The smallest absolute Gasteiger partial charge is 0.253 e. The van der Waals surface area contributed by atoms with Crippen LogP contribution in [0.1, 0.15) is 28.8 Å². The van der Waals surface area contributed by atoms with Crippen molar-refractivity contribution in [3.63, 3.8) is 0 Å². The van der Waals surface area contributed by atoms with Gasteiger partial charge in [-0.2, -0.15) is 0 Å². The Morgan fingerprint density at radius 1 is 1.00 bits per heavy atom. The highest BCUT2D eigenvalue weighted by molar-refractivity contribution is 5.94. The molecule has 5 nitrogen and oxygen atoms in total. The number of anilines is 1. The van der Waals surface area contributed by atoms with Gasteiger partial charge in [-0.1, -0.05) is 30.3 Å². The number of hydrogen-bond donors (Lipinski definition) is 1. The van der Waals surface area contributed by atoms with Crippen molar-refractivity contribution in [3.8, 4) is 0 Å². The molecule has 5 heteroatoms. The number of likely N-dealkylation sites (tertiary alicyclic amines) is 1. The van der Waals surface area contributed by atoms with Gasteiger partial charge in [-0.25, -0.2) is 0 Å². The molecule has 0 aliphatic carbocycles. The van der Waals surface area contributed by atoms with E-state index in [1.54, 1.807) is 0 Å². The summed E-state index contributed by atoms with van der Waals surface area (Å²) in [6.07, 6.45) is 2.27. The first kappa shape index (κ1) is 19.9. The van der Waals surface area contributed by atoms with Crippen LogP contribution in [0.25, 0.3) is 0 Å². The monoisotopic (exact) mass is 379 g/mol. The second-order valence-electron chi connectivity index (χ2n) is 7.53. The topological polar surface area (TPSA) is 52.7 Å². The molecular weight excluding hydrogens is 350 g/mol. The molecule has 3 rings (SSSR count). The standard InChI is InChI=1S/C23H29N3O2/c1-25(2)21-10-8-18(9-11-21)12-15-24-22(27)19-13-16-26(17-14-19)23(28)20-6-4-3-5-7-20/h3-11,19H,12-17H2,1-2H3,(H,24,27). The zero-order valence-electron chi connectivity index (χ0n) is 16.7. The lowest BCUT2D eigenvalue weighted by atomic mass is 9.95. The van der Waals surface area contributed by atoms with Crippen molar-refractivity contribution in [2.75, 3.05) is 38.6 Å². The maximum Gasteiger partial charge on any atom is 0.253 e. The first-order chi connectivity index (χ1) is 13.5. The van der Waals surface area contributed by atoms with E-state index in [2.05, 4.69) is 34.5 Å². The lowest BCUT2D eigenvalue weighted by molar-refractivity contribution is -0.126. The fourth-order valence-electron chi connectivity index (χ4n) is 3.54. The van der Waals surface area contributed by atoms with Crippen molar-refractivity contribution in [1.82, 2.24) is 10.2 Å². The molecule has 1 N–H and O–H groups in total. The fourth-order valence-corrected chi connectivity index (χ4v) is 3.54. The van der Waals surface area contributed by atoms with Gasteiger partial charge in [-0.3, -0.25) is 9.59 Å². The number of hydrogen-bond acceptors (Lipinski definition) is 3. The normalized spacial score (nSPS) is 14.6. The lowest BCUT2D eigenvalue weighted by Gasteiger charge is -2.31. The second-order valence-corrected chi connectivity index (χ2v) is 7.53. The average Bonchev–Trinajstić information content (AvgIpc) is 2.74. The van der Waals surface area contributed by atoms with Crippen LogP contribution in [0, 0.1) is 5.92 Å². The van der Waals surface area contributed by atoms with Gasteiger partial charge in [0.25, 0.3) is 5.91 Å². The molecule has 1 aliphatic heterocycles. The largest absolute Gasteiger partial charge is 0.378 e. The van der Waals surface area contributed by atoms with Crippen LogP contribution < -0.4 is 10.2 Å². The van der Waals surface area contributed by atoms with Gasteiger partial charge in [0, 0.05) is 50.9 Å². The summed E-state index contributed by atoms with van der Waals surface area (Å²) >= 11 is 0. The third-order valence-corrected chi connectivity index (χ3v) is 5.34. The van der Waals surface area contributed by atoms with Gasteiger partial charge in [0.1, 0.15) is 0 Å². The van der Waals surface area contributed by atoms with Crippen LogP contribution in [0.4, 0.5) is 5.69 Å². The van der Waals surface area contributed by atoms with E-state index in [1.165, 1.54) is 11.3 Å². The first-order valence-corrected chi connectivity index (χ1v) is 9.93. The van der Waals surface area contributed by atoms with Crippen molar-refractivity contribution >= 4 is 17.5 Å². The van der Waals surface area contributed by atoms with Crippen LogP contribution in [0.3, 0.4) is 0 Å². The van der Waals surface area contributed by atoms with Gasteiger partial charge in [0.05, 0.1) is 0 Å². The molecule has 2 aromatic rings. The molecule has 0 atom stereocenters. The van der Waals surface area contributed by atoms with Crippen molar-refractivity contribution in [1.29, 1.82) is 0 Å². The van der Waals surface area contributed by atoms with Gasteiger partial charge in [-0.05, 0) is 49.1 Å². The van der Waals surface area contributed by atoms with Crippen LogP contribution in [0.5, 0.6) is 0 Å². The minimum atomic E-state index is -0.00376. The van der Waals surface area contributed by atoms with Crippen molar-refractivity contribution < 1.29 is 9.59 Å². The highest BCUT2D eigenvalue weighted by Crippen LogP contribution is 2.19. The first-order valence-electron chi connectivity index (χ1n) is 9.93. The number of rotatable bonds is 6. The van der Waals surface area contributed by atoms with Crippen LogP contribution >= 0.6 is 0 Å². The summed E-state index contributed by atoms with van der Waals surface area (Å²) in [7, 11) is 4.04. The van der Waals surface area contributed by atoms with Crippen molar-refractivity contribution in [3.05, 3.63) is 65.7 Å². The average molecular weight is 380 g/mol. The van der Waals surface area contributed by atoms with Crippen LogP contribution in [0.2, 0.25) is 0 Å². The Bertz CT molecular complexity index is 779. The van der Waals surface area contributed by atoms with E-state index in [0.29, 0.717) is 25.2 Å². The molecule has 28 heavy (non-hydrogen) atoms. The Morgan fingerprint density at radius 3 is 2.25 bits per heavy atom. The van der Waals surface area contributed by atoms with Crippen molar-refractivity contribution in [2.45, 2.75) is 19.3 Å². The van der Waals surface area contributed by atoms with Crippen LogP contribution in [-0.2, 0) is 11.2 Å². The Labute approximate surface area is 167 Å². The highest BCUT2D eigenvalue weighted by atomic mass is 16.2. The third kappa shape index (κ3) is 5.12. The van der Waals surface area contributed by atoms with E-state index in [1.807, 2.05) is 49.3 Å². The molecule has 0 bridgehead atoms. The van der Waals surface area contributed by atoms with Gasteiger partial charge in [0.15, 0.2) is 0 Å². The minimum absolute atomic E-state index is 0.00376. The van der Waals surface area contributed by atoms with Gasteiger partial charge >= 0.3 is 0 Å². The zero-order chi connectivity index (χ0) is 19.9. The number of benzene rings is 2. The van der Waals surface area contributed by atoms with E-state index < -0.39 is 0 Å². The molecule has 0 spiro atoms. The quantitative estimate of drug-likeness (QED) is 0.840. The Kier molecular flexibility index (Phi) is 6.69. The Balaban J connectivity index is 1.41. The molecule has 0 unspecified atom stereocenters. The molecule has 0 aromatic heterocycles. The maximum absolute atomic E-state index is 12.5. The number of carbonyl (C=O) groups excluding carboxylic acids is 2. The summed E-state index contributed by atoms with van der Waals surface area (Å²) < 4.78 is 0. The molecule has 1 fully saturated rings. The van der Waals surface area contributed by atoms with E-state index >= 15 is 0 Å². The Morgan fingerprint density at radius 2 is 1.64 bits per heavy atom. The molecule has 2 amide bonds. The molecular formula is C23H29N3O2. The van der Waals surface area contributed by atoms with E-state index in [0.717, 1.165) is 19.3 Å². The van der Waals surface area contributed by atoms with Crippen LogP contribution in [0.15, 0.2) is 54.6 Å². The fraction of sp³-hybridized carbons (Fsp3) is 0.391. The summed E-state index contributed by atoms with van der Waals surface area (Å²) in [5.74, 6) is 0.160. The molecule has 1 heterocycles. The highest BCUT2D eigenvalue weighted by Gasteiger charge is 2.27. The maximum atomic E-state index is 12.5. The number of nitrogens with one attached hydrogen (secondary N) is 1. The zero-order valence-corrected chi connectivity index (χ0v) is 16.7. The number of piperidine rings is 1. The molecule has 0 saturated carbocycles. The Hall–Kier alpha value is -2.82. The summed E-state index contributed by atoms with van der Waals surface area (Å²) in [4.78, 5) is 28.9. The lowest BCUT2D eigenvalue weighted by Crippen LogP contribution is -2.43. The molecule has 1 saturated heterocycles. The third-order valence-electron chi connectivity index (χ3n) is 5.34. The van der Waals surface area contributed by atoms with Crippen molar-refractivity contribution in [2.24, 2.45) is 5.92 Å². The van der Waals surface area contributed by atoms with E-state index in [-0.39, 0.29) is 17.7 Å². The number of carbonyl (C=O) groups is 2. The summed E-state index contributed by atoms with van der Waals surface area (Å²) in [6, 6.07) is 17.7. The number of nitrogens with zero attached hydrogens (tertiary/aromatic N) is 2. The molecule has 148 valence electrons. The second kappa shape index (κ2) is 9.40. The summed E-state index contributed by atoms with van der Waals surface area (Å²) in [6.45, 7) is 1.92. The summed E-state index contributed by atoms with van der Waals surface area (Å²) in [5, 5.41) is 3.06. The predicted octanol–water partition coefficient (Wildman–Crippen LogP) is 2.96. The minimum Gasteiger partial charge on any atom is -0.378 e. The molecule has 2 aromatic carbocycles. The summed E-state index contributed by atoms with van der Waals surface area (Å²) in [5.41, 5.74) is 3.10. The van der Waals surface area contributed by atoms with Crippen LogP contribution in [-0.4, -0.2) is 50.4 Å². The molecule has 1 aliphatic rings. The SMILES string of the molecule is CN(C)c1ccc(CCNC(=O)C2CCN(C(=O)c3ccccc3)CC2)cc1. The predicted molar refractivity (Wildman–Crippen MR) is 113 cm³/mol. The van der Waals surface area contributed by atoms with Gasteiger partial charge in [0.2, 0.25) is 5.91 Å². The van der Waals surface area contributed by atoms with E-state index in [4.69, 9.17) is 0 Å². The van der Waals surface area contributed by atoms with E-state index in [9.17, 15) is 9.59 Å². The van der Waals surface area contributed by atoms with Gasteiger partial charge in [-0.15, -0.1) is 0 Å². The number of amides is 2. The van der Waals surface area contributed by atoms with Gasteiger partial charge < -0.3 is 15.1 Å².